The van der Waals surface area contributed by atoms with Crippen LogP contribution in [0, 0.1) is 11.8 Å². The summed E-state index contributed by atoms with van der Waals surface area (Å²) in [4.78, 5) is 51.4. The molecular weight excluding hydrogens is 382 g/mol. The van der Waals surface area contributed by atoms with Gasteiger partial charge in [0.15, 0.2) is 0 Å². The van der Waals surface area contributed by atoms with Gasteiger partial charge in [-0.3, -0.25) is 24.1 Å². The Kier molecular flexibility index (Phi) is 5.35. The second kappa shape index (κ2) is 8.10. The van der Waals surface area contributed by atoms with Crippen molar-refractivity contribution in [1.29, 1.82) is 0 Å². The summed E-state index contributed by atoms with van der Waals surface area (Å²) in [5.74, 6) is -1.94. The molecule has 4 amide bonds. The van der Waals surface area contributed by atoms with Crippen LogP contribution in [-0.4, -0.2) is 35.1 Å². The first-order valence-electron chi connectivity index (χ1n) is 10.1. The monoisotopic (exact) mass is 405 g/mol. The van der Waals surface area contributed by atoms with E-state index in [1.807, 2.05) is 0 Å². The standard InChI is InChI=1S/C23H23N3O4/c24-20(27)18-11-5-6-12-19(18)25-21(28)15-8-2-1-7-14(15)13-26-22(29)16-9-3-4-10-17(16)23(26)30/h3-6,9-12,14-15H,1-2,7-8,13H2,(H2,24,27)(H,25,28). The van der Waals surface area contributed by atoms with Gasteiger partial charge in [-0.25, -0.2) is 0 Å². The van der Waals surface area contributed by atoms with Crippen LogP contribution >= 0.6 is 0 Å². The van der Waals surface area contributed by atoms with E-state index in [9.17, 15) is 19.2 Å². The third kappa shape index (κ3) is 3.58. The summed E-state index contributed by atoms with van der Waals surface area (Å²) in [6.45, 7) is 0.210. The fraction of sp³-hybridized carbons (Fsp3) is 0.304. The van der Waals surface area contributed by atoms with Crippen LogP contribution < -0.4 is 11.1 Å². The molecule has 7 nitrogen and oxygen atoms in total. The SMILES string of the molecule is NC(=O)c1ccccc1NC(=O)C1CCCCC1CN1C(=O)c2ccccc2C1=O. The molecule has 1 fully saturated rings. The van der Waals surface area contributed by atoms with E-state index in [1.54, 1.807) is 48.5 Å². The molecule has 0 aromatic heterocycles. The van der Waals surface area contributed by atoms with Crippen LogP contribution in [0.4, 0.5) is 5.69 Å². The Labute approximate surface area is 174 Å². The molecule has 2 aromatic carbocycles. The quantitative estimate of drug-likeness (QED) is 0.745. The van der Waals surface area contributed by atoms with Crippen molar-refractivity contribution in [3.05, 3.63) is 65.2 Å². The Hall–Kier alpha value is -3.48. The highest BCUT2D eigenvalue weighted by molar-refractivity contribution is 6.21. The van der Waals surface area contributed by atoms with Crippen molar-refractivity contribution < 1.29 is 19.2 Å². The van der Waals surface area contributed by atoms with Gasteiger partial charge >= 0.3 is 0 Å². The third-order valence-electron chi connectivity index (χ3n) is 5.99. The number of carbonyl (C=O) groups is 4. The van der Waals surface area contributed by atoms with Gasteiger partial charge in [-0.1, -0.05) is 37.1 Å². The number of carbonyl (C=O) groups excluding carboxylic acids is 4. The molecule has 1 aliphatic heterocycles. The number of hydrogen-bond donors (Lipinski definition) is 2. The van der Waals surface area contributed by atoms with E-state index in [-0.39, 0.29) is 41.7 Å². The van der Waals surface area contributed by atoms with E-state index >= 15 is 0 Å². The Morgan fingerprint density at radius 3 is 2.20 bits per heavy atom. The Morgan fingerprint density at radius 1 is 0.933 bits per heavy atom. The molecule has 154 valence electrons. The highest BCUT2D eigenvalue weighted by Crippen LogP contribution is 2.34. The molecule has 1 aliphatic carbocycles. The van der Waals surface area contributed by atoms with Crippen molar-refractivity contribution in [2.24, 2.45) is 17.6 Å². The number of nitrogens with one attached hydrogen (secondary N) is 1. The molecule has 2 aromatic rings. The van der Waals surface area contributed by atoms with Crippen molar-refractivity contribution >= 4 is 29.3 Å². The maximum atomic E-state index is 13.1. The summed E-state index contributed by atoms with van der Waals surface area (Å²) in [5.41, 5.74) is 6.85. The lowest BCUT2D eigenvalue weighted by Crippen LogP contribution is -2.41. The Morgan fingerprint density at radius 2 is 1.53 bits per heavy atom. The minimum absolute atomic E-state index is 0.137. The van der Waals surface area contributed by atoms with E-state index in [4.69, 9.17) is 5.73 Å². The smallest absolute Gasteiger partial charge is 0.261 e. The number of benzene rings is 2. The van der Waals surface area contributed by atoms with E-state index in [0.29, 0.717) is 23.2 Å². The van der Waals surface area contributed by atoms with Gasteiger partial charge in [0.05, 0.1) is 22.4 Å². The normalized spacial score (nSPS) is 20.7. The number of fused-ring (bicyclic) bond motifs is 1. The summed E-state index contributed by atoms with van der Waals surface area (Å²) >= 11 is 0. The summed E-state index contributed by atoms with van der Waals surface area (Å²) in [6, 6.07) is 13.4. The zero-order valence-corrected chi connectivity index (χ0v) is 16.5. The second-order valence-corrected chi connectivity index (χ2v) is 7.82. The average Bonchev–Trinajstić information content (AvgIpc) is 2.99. The highest BCUT2D eigenvalue weighted by atomic mass is 16.2. The molecule has 0 spiro atoms. The van der Waals surface area contributed by atoms with Crippen LogP contribution in [0.5, 0.6) is 0 Å². The molecule has 0 saturated heterocycles. The average molecular weight is 405 g/mol. The Bertz CT molecular complexity index is 998. The number of hydrogen-bond acceptors (Lipinski definition) is 4. The lowest BCUT2D eigenvalue weighted by molar-refractivity contribution is -0.122. The second-order valence-electron chi connectivity index (χ2n) is 7.82. The van der Waals surface area contributed by atoms with Gasteiger partial charge < -0.3 is 11.1 Å². The van der Waals surface area contributed by atoms with E-state index in [0.717, 1.165) is 19.3 Å². The van der Waals surface area contributed by atoms with Crippen molar-refractivity contribution in [3.8, 4) is 0 Å². The Balaban J connectivity index is 1.52. The van der Waals surface area contributed by atoms with Crippen molar-refractivity contribution in [1.82, 2.24) is 4.90 Å². The van der Waals surface area contributed by atoms with Gasteiger partial charge in [-0.15, -0.1) is 0 Å². The van der Waals surface area contributed by atoms with Gasteiger partial charge in [0.25, 0.3) is 17.7 Å². The van der Waals surface area contributed by atoms with Crippen LogP contribution in [0.2, 0.25) is 0 Å². The van der Waals surface area contributed by atoms with Crippen LogP contribution in [0.25, 0.3) is 0 Å². The number of rotatable bonds is 5. The fourth-order valence-electron chi connectivity index (χ4n) is 4.44. The maximum Gasteiger partial charge on any atom is 0.261 e. The van der Waals surface area contributed by atoms with Crippen LogP contribution in [-0.2, 0) is 4.79 Å². The predicted octanol–water partition coefficient (Wildman–Crippen LogP) is 2.83. The maximum absolute atomic E-state index is 13.1. The molecule has 3 N–H and O–H groups in total. The van der Waals surface area contributed by atoms with Gasteiger partial charge in [0, 0.05) is 12.5 Å². The fourth-order valence-corrected chi connectivity index (χ4v) is 4.44. The van der Waals surface area contributed by atoms with Crippen LogP contribution in [0.3, 0.4) is 0 Å². The van der Waals surface area contributed by atoms with Gasteiger partial charge in [0.1, 0.15) is 0 Å². The first kappa shape index (κ1) is 19.8. The number of nitrogens with two attached hydrogens (primary N) is 1. The van der Waals surface area contributed by atoms with Gasteiger partial charge in [-0.05, 0) is 43.0 Å². The number of imide groups is 1. The lowest BCUT2D eigenvalue weighted by Gasteiger charge is -2.33. The molecule has 7 heteroatoms. The third-order valence-corrected chi connectivity index (χ3v) is 5.99. The molecule has 2 aliphatic rings. The molecule has 2 unspecified atom stereocenters. The zero-order valence-electron chi connectivity index (χ0n) is 16.5. The molecule has 1 saturated carbocycles. The summed E-state index contributed by atoms with van der Waals surface area (Å²) in [5, 5.41) is 2.83. The summed E-state index contributed by atoms with van der Waals surface area (Å²) in [6.07, 6.45) is 3.25. The zero-order chi connectivity index (χ0) is 21.3. The molecule has 1 heterocycles. The first-order valence-corrected chi connectivity index (χ1v) is 10.1. The largest absolute Gasteiger partial charge is 0.366 e. The topological polar surface area (TPSA) is 110 Å². The first-order chi connectivity index (χ1) is 14.5. The lowest BCUT2D eigenvalue weighted by atomic mass is 9.78. The highest BCUT2D eigenvalue weighted by Gasteiger charge is 2.40. The molecule has 4 rings (SSSR count). The van der Waals surface area contributed by atoms with Gasteiger partial charge in [0.2, 0.25) is 5.91 Å². The number of primary amides is 1. The minimum atomic E-state index is -0.614. The number of anilines is 1. The van der Waals surface area contributed by atoms with Gasteiger partial charge in [-0.2, -0.15) is 0 Å². The molecule has 0 bridgehead atoms. The predicted molar refractivity (Wildman–Crippen MR) is 111 cm³/mol. The number of nitrogens with zero attached hydrogens (tertiary/aromatic N) is 1. The van der Waals surface area contributed by atoms with E-state index in [2.05, 4.69) is 5.32 Å². The molecule has 2 atom stereocenters. The minimum Gasteiger partial charge on any atom is -0.366 e. The summed E-state index contributed by atoms with van der Waals surface area (Å²) < 4.78 is 0. The number of para-hydroxylation sites is 1. The number of amides is 4. The van der Waals surface area contributed by atoms with Crippen molar-refractivity contribution in [2.75, 3.05) is 11.9 Å². The van der Waals surface area contributed by atoms with Crippen molar-refractivity contribution in [2.45, 2.75) is 25.7 Å². The molecule has 0 radical (unpaired) electrons. The summed E-state index contributed by atoms with van der Waals surface area (Å²) in [7, 11) is 0. The van der Waals surface area contributed by atoms with E-state index in [1.165, 1.54) is 4.90 Å². The van der Waals surface area contributed by atoms with E-state index < -0.39 is 5.91 Å². The molecule has 30 heavy (non-hydrogen) atoms. The van der Waals surface area contributed by atoms with Crippen LogP contribution in [0.15, 0.2) is 48.5 Å². The van der Waals surface area contributed by atoms with Crippen molar-refractivity contribution in [3.63, 3.8) is 0 Å². The molecular formula is C23H23N3O4. The van der Waals surface area contributed by atoms with Crippen LogP contribution in [0.1, 0.15) is 56.8 Å².